The number of hydrogen-bond acceptors (Lipinski definition) is 4. The van der Waals surface area contributed by atoms with Crippen LogP contribution < -0.4 is 0 Å². The van der Waals surface area contributed by atoms with E-state index in [9.17, 15) is 14.9 Å². The standard InChI is InChI=1S/C13H15BrN2O4/c1-3-7-15(8-9-20-2)13(17)10-5-4-6-11(12(10)14)16(18)19/h3-6H,1,7-9H2,2H3. The number of rotatable bonds is 7. The molecule has 0 aliphatic carbocycles. The normalized spacial score (nSPS) is 10.1. The van der Waals surface area contributed by atoms with Crippen molar-refractivity contribution < 1.29 is 14.5 Å². The predicted molar refractivity (Wildman–Crippen MR) is 78.8 cm³/mol. The number of benzene rings is 1. The maximum absolute atomic E-state index is 12.4. The van der Waals surface area contributed by atoms with E-state index >= 15 is 0 Å². The molecule has 108 valence electrons. The zero-order chi connectivity index (χ0) is 15.1. The summed E-state index contributed by atoms with van der Waals surface area (Å²) in [5.41, 5.74) is 0.110. The minimum Gasteiger partial charge on any atom is -0.383 e. The number of ether oxygens (including phenoxy) is 1. The molecule has 0 spiro atoms. The lowest BCUT2D eigenvalue weighted by Crippen LogP contribution is -2.34. The highest BCUT2D eigenvalue weighted by Gasteiger charge is 2.22. The van der Waals surface area contributed by atoms with Crippen LogP contribution in [0.15, 0.2) is 35.3 Å². The van der Waals surface area contributed by atoms with E-state index in [2.05, 4.69) is 22.5 Å². The second-order valence-corrected chi connectivity index (χ2v) is 4.72. The quantitative estimate of drug-likeness (QED) is 0.433. The van der Waals surface area contributed by atoms with Crippen molar-refractivity contribution in [3.63, 3.8) is 0 Å². The lowest BCUT2D eigenvalue weighted by Gasteiger charge is -2.21. The summed E-state index contributed by atoms with van der Waals surface area (Å²) in [5, 5.41) is 10.9. The molecule has 1 rings (SSSR count). The number of carbonyl (C=O) groups is 1. The van der Waals surface area contributed by atoms with Crippen molar-refractivity contribution in [1.29, 1.82) is 0 Å². The van der Waals surface area contributed by atoms with Gasteiger partial charge in [0.05, 0.1) is 17.1 Å². The van der Waals surface area contributed by atoms with E-state index in [1.54, 1.807) is 19.3 Å². The van der Waals surface area contributed by atoms with Gasteiger partial charge in [-0.3, -0.25) is 14.9 Å². The number of nitro groups is 1. The smallest absolute Gasteiger partial charge is 0.284 e. The monoisotopic (exact) mass is 342 g/mol. The Bertz CT molecular complexity index is 519. The number of halogens is 1. The maximum atomic E-state index is 12.4. The molecule has 0 bridgehead atoms. The average molecular weight is 343 g/mol. The van der Waals surface area contributed by atoms with Crippen molar-refractivity contribution in [2.45, 2.75) is 0 Å². The van der Waals surface area contributed by atoms with Crippen LogP contribution in [0, 0.1) is 10.1 Å². The fraction of sp³-hybridized carbons (Fsp3) is 0.308. The molecule has 0 aromatic heterocycles. The molecule has 1 aromatic rings. The van der Waals surface area contributed by atoms with E-state index < -0.39 is 4.92 Å². The van der Waals surface area contributed by atoms with Gasteiger partial charge in [-0.15, -0.1) is 6.58 Å². The molecule has 20 heavy (non-hydrogen) atoms. The first-order valence-electron chi connectivity index (χ1n) is 5.85. The van der Waals surface area contributed by atoms with E-state index in [4.69, 9.17) is 4.74 Å². The molecule has 0 aliphatic rings. The van der Waals surface area contributed by atoms with E-state index in [0.29, 0.717) is 19.7 Å². The van der Waals surface area contributed by atoms with Gasteiger partial charge >= 0.3 is 0 Å². The molecule has 0 fully saturated rings. The molecule has 0 aliphatic heterocycles. The Labute approximate surface area is 125 Å². The third-order valence-electron chi connectivity index (χ3n) is 2.61. The molecule has 7 heteroatoms. The maximum Gasteiger partial charge on any atom is 0.284 e. The van der Waals surface area contributed by atoms with Gasteiger partial charge in [-0.2, -0.15) is 0 Å². The summed E-state index contributed by atoms with van der Waals surface area (Å²) in [6.45, 7) is 4.71. The highest BCUT2D eigenvalue weighted by molar-refractivity contribution is 9.10. The first kappa shape index (κ1) is 16.3. The molecule has 0 saturated carbocycles. The minimum atomic E-state index is -0.534. The fourth-order valence-electron chi connectivity index (χ4n) is 1.63. The molecular weight excluding hydrogens is 328 g/mol. The Kier molecular flexibility index (Phi) is 6.33. The van der Waals surface area contributed by atoms with Crippen molar-refractivity contribution in [3.05, 3.63) is 51.0 Å². The number of nitrogens with zero attached hydrogens (tertiary/aromatic N) is 2. The molecule has 0 saturated heterocycles. The molecular formula is C13H15BrN2O4. The van der Waals surface area contributed by atoms with Crippen LogP contribution in [0.5, 0.6) is 0 Å². The fourth-order valence-corrected chi connectivity index (χ4v) is 2.21. The Balaban J connectivity index is 3.08. The first-order chi connectivity index (χ1) is 9.52. The molecule has 1 amide bonds. The van der Waals surface area contributed by atoms with Crippen molar-refractivity contribution >= 4 is 27.5 Å². The van der Waals surface area contributed by atoms with Gasteiger partial charge in [-0.25, -0.2) is 0 Å². The summed E-state index contributed by atoms with van der Waals surface area (Å²) in [5.74, 6) is -0.308. The second-order valence-electron chi connectivity index (χ2n) is 3.93. The van der Waals surface area contributed by atoms with Gasteiger partial charge in [0.25, 0.3) is 11.6 Å². The number of methoxy groups -OCH3 is 1. The summed E-state index contributed by atoms with van der Waals surface area (Å²) in [7, 11) is 1.54. The molecule has 1 aromatic carbocycles. The van der Waals surface area contributed by atoms with E-state index in [0.717, 1.165) is 0 Å². The van der Waals surface area contributed by atoms with Crippen LogP contribution in [-0.4, -0.2) is 42.5 Å². The van der Waals surface area contributed by atoms with Gasteiger partial charge in [0.2, 0.25) is 0 Å². The largest absolute Gasteiger partial charge is 0.383 e. The lowest BCUT2D eigenvalue weighted by atomic mass is 10.1. The van der Waals surface area contributed by atoms with Crippen LogP contribution in [0.4, 0.5) is 5.69 Å². The SMILES string of the molecule is C=CCN(CCOC)C(=O)c1cccc([N+](=O)[O-])c1Br. The number of carbonyl (C=O) groups excluding carboxylic acids is 1. The third-order valence-corrected chi connectivity index (χ3v) is 3.44. The molecule has 0 atom stereocenters. The zero-order valence-corrected chi connectivity index (χ0v) is 12.6. The molecule has 0 heterocycles. The number of amides is 1. The van der Waals surface area contributed by atoms with E-state index in [1.165, 1.54) is 17.0 Å². The number of nitro benzene ring substituents is 1. The van der Waals surface area contributed by atoms with Crippen LogP contribution >= 0.6 is 15.9 Å². The summed E-state index contributed by atoms with van der Waals surface area (Å²) >= 11 is 3.12. The summed E-state index contributed by atoms with van der Waals surface area (Å²) in [6.07, 6.45) is 1.60. The first-order valence-corrected chi connectivity index (χ1v) is 6.64. The molecule has 6 nitrogen and oxygen atoms in total. The van der Waals surface area contributed by atoms with Gasteiger partial charge in [-0.05, 0) is 22.0 Å². The zero-order valence-electron chi connectivity index (χ0n) is 11.0. The minimum absolute atomic E-state index is 0.138. The van der Waals surface area contributed by atoms with Gasteiger partial charge < -0.3 is 9.64 Å². The van der Waals surface area contributed by atoms with Crippen LogP contribution in [0.25, 0.3) is 0 Å². The van der Waals surface area contributed by atoms with Crippen molar-refractivity contribution in [3.8, 4) is 0 Å². The molecule has 0 unspecified atom stereocenters. The van der Waals surface area contributed by atoms with Crippen LogP contribution in [0.1, 0.15) is 10.4 Å². The van der Waals surface area contributed by atoms with Crippen molar-refractivity contribution in [2.24, 2.45) is 0 Å². The van der Waals surface area contributed by atoms with Crippen LogP contribution in [0.2, 0.25) is 0 Å². The highest BCUT2D eigenvalue weighted by atomic mass is 79.9. The Morgan fingerprint density at radius 2 is 2.30 bits per heavy atom. The predicted octanol–water partition coefficient (Wildman–Crippen LogP) is 2.63. The van der Waals surface area contributed by atoms with Crippen molar-refractivity contribution in [1.82, 2.24) is 4.90 Å². The summed E-state index contributed by atoms with van der Waals surface area (Å²) in [6, 6.07) is 4.37. The topological polar surface area (TPSA) is 72.7 Å². The van der Waals surface area contributed by atoms with Gasteiger partial charge in [0.1, 0.15) is 4.47 Å². The average Bonchev–Trinajstić information content (AvgIpc) is 2.42. The second kappa shape index (κ2) is 7.76. The lowest BCUT2D eigenvalue weighted by molar-refractivity contribution is -0.385. The summed E-state index contributed by atoms with van der Waals surface area (Å²) in [4.78, 5) is 24.3. The Morgan fingerprint density at radius 1 is 1.60 bits per heavy atom. The van der Waals surface area contributed by atoms with Crippen LogP contribution in [-0.2, 0) is 4.74 Å². The number of hydrogen-bond donors (Lipinski definition) is 0. The van der Waals surface area contributed by atoms with Gasteiger partial charge in [0, 0.05) is 26.3 Å². The van der Waals surface area contributed by atoms with Crippen LogP contribution in [0.3, 0.4) is 0 Å². The Hall–Kier alpha value is -1.73. The third kappa shape index (κ3) is 3.88. The van der Waals surface area contributed by atoms with E-state index in [-0.39, 0.29) is 21.6 Å². The Morgan fingerprint density at radius 3 is 2.85 bits per heavy atom. The van der Waals surface area contributed by atoms with Gasteiger partial charge in [-0.1, -0.05) is 12.1 Å². The van der Waals surface area contributed by atoms with Crippen molar-refractivity contribution in [2.75, 3.05) is 26.8 Å². The van der Waals surface area contributed by atoms with E-state index in [1.807, 2.05) is 0 Å². The molecule has 0 N–H and O–H groups in total. The summed E-state index contributed by atoms with van der Waals surface area (Å²) < 4.78 is 5.13. The highest BCUT2D eigenvalue weighted by Crippen LogP contribution is 2.29. The van der Waals surface area contributed by atoms with Gasteiger partial charge in [0.15, 0.2) is 0 Å². The molecule has 0 radical (unpaired) electrons.